The van der Waals surface area contributed by atoms with Gasteiger partial charge in [0.05, 0.1) is 11.4 Å². The zero-order valence-corrected chi connectivity index (χ0v) is 10.8. The number of nitrogens with two attached hydrogens (primary N) is 1. The summed E-state index contributed by atoms with van der Waals surface area (Å²) >= 11 is 0. The van der Waals surface area contributed by atoms with Gasteiger partial charge in [-0.3, -0.25) is 0 Å². The number of fused-ring (bicyclic) bond motifs is 1. The van der Waals surface area contributed by atoms with E-state index in [1.165, 1.54) is 19.3 Å². The molecular weight excluding hydrogens is 228 g/mol. The second-order valence-electron chi connectivity index (χ2n) is 4.91. The normalized spacial score (nSPS) is 20.9. The Labute approximate surface area is 107 Å². The topological polar surface area (TPSA) is 84.4 Å². The second kappa shape index (κ2) is 5.80. The summed E-state index contributed by atoms with van der Waals surface area (Å²) in [6.07, 6.45) is 8.21. The van der Waals surface area contributed by atoms with Gasteiger partial charge >= 0.3 is 0 Å². The van der Waals surface area contributed by atoms with Gasteiger partial charge in [0.1, 0.15) is 0 Å². The molecule has 1 aliphatic carbocycles. The van der Waals surface area contributed by atoms with E-state index in [0.29, 0.717) is 17.6 Å². The molecule has 1 unspecified atom stereocenters. The van der Waals surface area contributed by atoms with Crippen LogP contribution in [0.2, 0.25) is 0 Å². The smallest absolute Gasteiger partial charge is 0.220 e. The molecule has 18 heavy (non-hydrogen) atoms. The Kier molecular flexibility index (Phi) is 4.12. The molecule has 0 fully saturated rings. The van der Waals surface area contributed by atoms with Crippen LogP contribution in [0.15, 0.2) is 11.4 Å². The number of oxime groups is 1. The van der Waals surface area contributed by atoms with Crippen molar-refractivity contribution in [3.63, 3.8) is 0 Å². The van der Waals surface area contributed by atoms with Gasteiger partial charge in [0.15, 0.2) is 0 Å². The monoisotopic (exact) mass is 248 g/mol. The first kappa shape index (κ1) is 12.8. The second-order valence-corrected chi connectivity index (χ2v) is 4.91. The summed E-state index contributed by atoms with van der Waals surface area (Å²) in [5.41, 5.74) is 8.07. The Morgan fingerprint density at radius 1 is 1.44 bits per heavy atom. The van der Waals surface area contributed by atoms with Crippen LogP contribution in [0.4, 0.5) is 5.95 Å². The summed E-state index contributed by atoms with van der Waals surface area (Å²) in [6, 6.07) is 0. The fourth-order valence-electron chi connectivity index (χ4n) is 2.54. The number of unbranched alkanes of at least 4 members (excludes halogenated alkanes) is 2. The molecular formula is C13H20N4O. The number of hydrogen-bond acceptors (Lipinski definition) is 5. The predicted octanol–water partition coefficient (Wildman–Crippen LogP) is 2.38. The van der Waals surface area contributed by atoms with Crippen molar-refractivity contribution in [1.29, 1.82) is 0 Å². The van der Waals surface area contributed by atoms with Crippen molar-refractivity contribution in [2.45, 2.75) is 45.4 Å². The molecule has 98 valence electrons. The van der Waals surface area contributed by atoms with Gasteiger partial charge in [-0.25, -0.2) is 9.97 Å². The molecule has 3 N–H and O–H groups in total. The average molecular weight is 248 g/mol. The fraction of sp³-hybridized carbons (Fsp3) is 0.615. The van der Waals surface area contributed by atoms with Crippen LogP contribution in [0, 0.1) is 5.92 Å². The summed E-state index contributed by atoms with van der Waals surface area (Å²) in [7, 11) is 0. The lowest BCUT2D eigenvalue weighted by Gasteiger charge is -2.24. The Morgan fingerprint density at radius 3 is 3.00 bits per heavy atom. The third kappa shape index (κ3) is 2.78. The van der Waals surface area contributed by atoms with Crippen LogP contribution in [-0.4, -0.2) is 20.9 Å². The van der Waals surface area contributed by atoms with Crippen LogP contribution < -0.4 is 5.73 Å². The zero-order chi connectivity index (χ0) is 13.0. The fourth-order valence-corrected chi connectivity index (χ4v) is 2.54. The van der Waals surface area contributed by atoms with Crippen molar-refractivity contribution >= 4 is 11.7 Å². The number of anilines is 1. The van der Waals surface area contributed by atoms with Crippen LogP contribution in [0.25, 0.3) is 0 Å². The highest BCUT2D eigenvalue weighted by molar-refractivity contribution is 6.02. The van der Waals surface area contributed by atoms with E-state index in [2.05, 4.69) is 22.0 Å². The molecule has 0 aliphatic heterocycles. The lowest BCUT2D eigenvalue weighted by atomic mass is 9.83. The molecule has 5 heteroatoms. The maximum Gasteiger partial charge on any atom is 0.220 e. The molecule has 5 nitrogen and oxygen atoms in total. The minimum absolute atomic E-state index is 0.292. The molecule has 1 aromatic rings. The highest BCUT2D eigenvalue weighted by Gasteiger charge is 2.25. The van der Waals surface area contributed by atoms with Crippen LogP contribution in [0.5, 0.6) is 0 Å². The Hall–Kier alpha value is -1.65. The SMILES string of the molecule is CCCCCC1CC(=NO)c2cnc(N)nc2C1. The van der Waals surface area contributed by atoms with E-state index >= 15 is 0 Å². The van der Waals surface area contributed by atoms with Crippen LogP contribution in [0.1, 0.15) is 50.3 Å². The van der Waals surface area contributed by atoms with Gasteiger partial charge in [-0.15, -0.1) is 0 Å². The van der Waals surface area contributed by atoms with Crippen molar-refractivity contribution < 1.29 is 5.21 Å². The third-order valence-corrected chi connectivity index (χ3v) is 3.50. The molecule has 0 saturated carbocycles. The minimum Gasteiger partial charge on any atom is -0.411 e. The summed E-state index contributed by atoms with van der Waals surface area (Å²) in [4.78, 5) is 8.23. The third-order valence-electron chi connectivity index (χ3n) is 3.50. The van der Waals surface area contributed by atoms with E-state index in [9.17, 15) is 0 Å². The Balaban J connectivity index is 2.14. The van der Waals surface area contributed by atoms with Gasteiger partial charge in [-0.2, -0.15) is 0 Å². The first-order valence-corrected chi connectivity index (χ1v) is 6.57. The van der Waals surface area contributed by atoms with E-state index in [0.717, 1.165) is 30.5 Å². The van der Waals surface area contributed by atoms with Crippen LogP contribution >= 0.6 is 0 Å². The average Bonchev–Trinajstić information content (AvgIpc) is 2.37. The molecule has 0 saturated heterocycles. The Bertz CT molecular complexity index is 445. The number of nitrogens with zero attached hydrogens (tertiary/aromatic N) is 3. The number of nitrogen functional groups attached to an aromatic ring is 1. The van der Waals surface area contributed by atoms with Gasteiger partial charge in [0.2, 0.25) is 5.95 Å². The molecule has 0 aromatic carbocycles. The van der Waals surface area contributed by atoms with E-state index in [1.54, 1.807) is 6.20 Å². The predicted molar refractivity (Wildman–Crippen MR) is 70.7 cm³/mol. The van der Waals surface area contributed by atoms with Crippen molar-refractivity contribution in [2.24, 2.45) is 11.1 Å². The lowest BCUT2D eigenvalue weighted by Crippen LogP contribution is -2.23. The van der Waals surface area contributed by atoms with Crippen LogP contribution in [0.3, 0.4) is 0 Å². The molecule has 0 bridgehead atoms. The summed E-state index contributed by atoms with van der Waals surface area (Å²) in [5.74, 6) is 0.796. The summed E-state index contributed by atoms with van der Waals surface area (Å²) in [5, 5.41) is 12.5. The van der Waals surface area contributed by atoms with Crippen molar-refractivity contribution in [3.05, 3.63) is 17.5 Å². The highest BCUT2D eigenvalue weighted by atomic mass is 16.4. The van der Waals surface area contributed by atoms with Crippen molar-refractivity contribution in [3.8, 4) is 0 Å². The number of hydrogen-bond donors (Lipinski definition) is 2. The van der Waals surface area contributed by atoms with E-state index in [1.807, 2.05) is 0 Å². The molecule has 1 heterocycles. The van der Waals surface area contributed by atoms with Crippen molar-refractivity contribution in [1.82, 2.24) is 9.97 Å². The molecule has 0 amide bonds. The van der Waals surface area contributed by atoms with E-state index in [4.69, 9.17) is 10.9 Å². The molecule has 0 spiro atoms. The molecule has 1 aromatic heterocycles. The maximum atomic E-state index is 9.10. The van der Waals surface area contributed by atoms with Gasteiger partial charge in [0.25, 0.3) is 0 Å². The van der Waals surface area contributed by atoms with Gasteiger partial charge in [-0.1, -0.05) is 31.3 Å². The van der Waals surface area contributed by atoms with Crippen LogP contribution in [-0.2, 0) is 6.42 Å². The maximum absolute atomic E-state index is 9.10. The first-order valence-electron chi connectivity index (χ1n) is 6.57. The molecule has 1 aliphatic rings. The first-order chi connectivity index (χ1) is 8.74. The number of rotatable bonds is 4. The summed E-state index contributed by atoms with van der Waals surface area (Å²) in [6.45, 7) is 2.20. The van der Waals surface area contributed by atoms with Gasteiger partial charge < -0.3 is 10.9 Å². The van der Waals surface area contributed by atoms with Gasteiger partial charge in [-0.05, 0) is 25.2 Å². The largest absolute Gasteiger partial charge is 0.411 e. The zero-order valence-electron chi connectivity index (χ0n) is 10.8. The Morgan fingerprint density at radius 2 is 2.28 bits per heavy atom. The quantitative estimate of drug-likeness (QED) is 0.486. The highest BCUT2D eigenvalue weighted by Crippen LogP contribution is 2.28. The standard InChI is InChI=1S/C13H20N4O/c1-2-3-4-5-9-6-11-10(12(7-9)17-18)8-15-13(14)16-11/h8-9,18H,2-7H2,1H3,(H2,14,15,16). The molecule has 0 radical (unpaired) electrons. The van der Waals surface area contributed by atoms with Crippen molar-refractivity contribution in [2.75, 3.05) is 5.73 Å². The lowest BCUT2D eigenvalue weighted by molar-refractivity contribution is 0.314. The summed E-state index contributed by atoms with van der Waals surface area (Å²) < 4.78 is 0. The number of aromatic nitrogens is 2. The molecule has 2 rings (SSSR count). The van der Waals surface area contributed by atoms with E-state index < -0.39 is 0 Å². The minimum atomic E-state index is 0.292. The van der Waals surface area contributed by atoms with E-state index in [-0.39, 0.29) is 0 Å². The van der Waals surface area contributed by atoms with Gasteiger partial charge in [0, 0.05) is 11.8 Å². The molecule has 1 atom stereocenters.